The molecule has 2 rings (SSSR count). The molecule has 1 aromatic rings. The van der Waals surface area contributed by atoms with Crippen molar-refractivity contribution in [2.45, 2.75) is 58.4 Å². The average Bonchev–Trinajstić information content (AvgIpc) is 2.23. The largest absolute Gasteiger partial charge is 0.311 e. The predicted octanol–water partition coefficient (Wildman–Crippen LogP) is 4.90. The summed E-state index contributed by atoms with van der Waals surface area (Å²) >= 11 is 3.53. The molecule has 106 valence electrons. The van der Waals surface area contributed by atoms with Crippen molar-refractivity contribution in [1.29, 1.82) is 0 Å². The second-order valence-corrected chi connectivity index (χ2v) is 8.82. The lowest BCUT2D eigenvalue weighted by molar-refractivity contribution is 0.0512. The normalized spacial score (nSPS) is 20.9. The Labute approximate surface area is 126 Å². The standard InChI is InChI=1S/C17H26BrN/c1-15(2,3)19-12-17(10-16(4,5)11-17)13-6-8-14(18)9-7-13/h6-9,19H,10-12H2,1-5H3. The van der Waals surface area contributed by atoms with Crippen molar-refractivity contribution in [3.8, 4) is 0 Å². The molecule has 0 saturated heterocycles. The Hall–Kier alpha value is -0.340. The Bertz CT molecular complexity index is 431. The Kier molecular flexibility index (Phi) is 3.88. The van der Waals surface area contributed by atoms with Crippen molar-refractivity contribution >= 4 is 15.9 Å². The van der Waals surface area contributed by atoms with Gasteiger partial charge in [0.05, 0.1) is 0 Å². The highest BCUT2D eigenvalue weighted by atomic mass is 79.9. The van der Waals surface area contributed by atoms with Crippen LogP contribution >= 0.6 is 15.9 Å². The van der Waals surface area contributed by atoms with E-state index < -0.39 is 0 Å². The molecule has 1 aromatic carbocycles. The van der Waals surface area contributed by atoms with Crippen LogP contribution in [0.1, 0.15) is 53.0 Å². The fourth-order valence-corrected chi connectivity index (χ4v) is 3.71. The number of nitrogens with one attached hydrogen (secondary N) is 1. The molecule has 0 radical (unpaired) electrons. The van der Waals surface area contributed by atoms with E-state index in [9.17, 15) is 0 Å². The highest BCUT2D eigenvalue weighted by molar-refractivity contribution is 9.10. The van der Waals surface area contributed by atoms with Gasteiger partial charge in [-0.3, -0.25) is 0 Å². The maximum Gasteiger partial charge on any atom is 0.0175 e. The summed E-state index contributed by atoms with van der Waals surface area (Å²) in [5.41, 5.74) is 2.46. The third-order valence-electron chi connectivity index (χ3n) is 4.05. The van der Waals surface area contributed by atoms with Crippen molar-refractivity contribution in [3.05, 3.63) is 34.3 Å². The topological polar surface area (TPSA) is 12.0 Å². The first-order chi connectivity index (χ1) is 8.62. The van der Waals surface area contributed by atoms with Crippen LogP contribution in [0, 0.1) is 5.41 Å². The van der Waals surface area contributed by atoms with Gasteiger partial charge in [-0.25, -0.2) is 0 Å². The van der Waals surface area contributed by atoms with Crippen LogP contribution in [0.25, 0.3) is 0 Å². The third kappa shape index (κ3) is 3.61. The Morgan fingerprint density at radius 2 is 1.63 bits per heavy atom. The second kappa shape index (κ2) is 4.89. The van der Waals surface area contributed by atoms with E-state index in [-0.39, 0.29) is 5.54 Å². The Morgan fingerprint density at radius 3 is 2.05 bits per heavy atom. The number of hydrogen-bond acceptors (Lipinski definition) is 1. The molecule has 0 aliphatic heterocycles. The van der Waals surface area contributed by atoms with Crippen molar-refractivity contribution in [2.75, 3.05) is 6.54 Å². The number of benzene rings is 1. The zero-order chi connectivity index (χ0) is 14.3. The average molecular weight is 324 g/mol. The predicted molar refractivity (Wildman–Crippen MR) is 86.6 cm³/mol. The lowest BCUT2D eigenvalue weighted by atomic mass is 9.52. The van der Waals surface area contributed by atoms with Gasteiger partial charge in [-0.05, 0) is 56.7 Å². The van der Waals surface area contributed by atoms with E-state index in [0.717, 1.165) is 11.0 Å². The monoisotopic (exact) mass is 323 g/mol. The van der Waals surface area contributed by atoms with Gasteiger partial charge in [-0.2, -0.15) is 0 Å². The molecule has 1 fully saturated rings. The van der Waals surface area contributed by atoms with Crippen LogP contribution in [0.15, 0.2) is 28.7 Å². The zero-order valence-electron chi connectivity index (χ0n) is 12.8. The van der Waals surface area contributed by atoms with Crippen LogP contribution in [0.4, 0.5) is 0 Å². The van der Waals surface area contributed by atoms with Crippen LogP contribution in [-0.4, -0.2) is 12.1 Å². The third-order valence-corrected chi connectivity index (χ3v) is 4.58. The van der Waals surface area contributed by atoms with E-state index in [4.69, 9.17) is 0 Å². The fraction of sp³-hybridized carbons (Fsp3) is 0.647. The van der Waals surface area contributed by atoms with Crippen molar-refractivity contribution in [2.24, 2.45) is 5.41 Å². The smallest absolute Gasteiger partial charge is 0.0175 e. The molecule has 0 aromatic heterocycles. The zero-order valence-corrected chi connectivity index (χ0v) is 14.4. The summed E-state index contributed by atoms with van der Waals surface area (Å²) in [7, 11) is 0. The minimum Gasteiger partial charge on any atom is -0.311 e. The van der Waals surface area contributed by atoms with Gasteiger partial charge >= 0.3 is 0 Å². The molecule has 1 nitrogen and oxygen atoms in total. The van der Waals surface area contributed by atoms with Crippen molar-refractivity contribution in [3.63, 3.8) is 0 Å². The lowest BCUT2D eigenvalue weighted by Gasteiger charge is -2.55. The quantitative estimate of drug-likeness (QED) is 0.834. The van der Waals surface area contributed by atoms with E-state index in [1.165, 1.54) is 18.4 Å². The second-order valence-electron chi connectivity index (χ2n) is 7.91. The molecule has 0 heterocycles. The van der Waals surface area contributed by atoms with Crippen LogP contribution in [0.2, 0.25) is 0 Å². The van der Waals surface area contributed by atoms with E-state index in [0.29, 0.717) is 10.8 Å². The van der Waals surface area contributed by atoms with Crippen molar-refractivity contribution in [1.82, 2.24) is 5.32 Å². The number of rotatable bonds is 3. The van der Waals surface area contributed by atoms with Gasteiger partial charge in [0.2, 0.25) is 0 Å². The van der Waals surface area contributed by atoms with Gasteiger partial charge in [0, 0.05) is 22.0 Å². The highest BCUT2D eigenvalue weighted by Crippen LogP contribution is 2.55. The molecule has 0 unspecified atom stereocenters. The molecule has 1 saturated carbocycles. The van der Waals surface area contributed by atoms with E-state index >= 15 is 0 Å². The minimum absolute atomic E-state index is 0.183. The summed E-state index contributed by atoms with van der Waals surface area (Å²) in [6.45, 7) is 12.5. The lowest BCUT2D eigenvalue weighted by Crippen LogP contribution is -2.55. The van der Waals surface area contributed by atoms with Crippen molar-refractivity contribution < 1.29 is 0 Å². The maximum absolute atomic E-state index is 3.70. The van der Waals surface area contributed by atoms with Crippen LogP contribution in [0.5, 0.6) is 0 Å². The summed E-state index contributed by atoms with van der Waals surface area (Å²) in [5, 5.41) is 3.70. The molecule has 0 atom stereocenters. The van der Waals surface area contributed by atoms with E-state index in [1.54, 1.807) is 0 Å². The van der Waals surface area contributed by atoms with Crippen LogP contribution in [0.3, 0.4) is 0 Å². The Balaban J connectivity index is 2.19. The first-order valence-electron chi connectivity index (χ1n) is 7.13. The summed E-state index contributed by atoms with van der Waals surface area (Å²) in [6, 6.07) is 8.90. The SMILES string of the molecule is CC1(C)CC(CNC(C)(C)C)(c2ccc(Br)cc2)C1. The summed E-state index contributed by atoms with van der Waals surface area (Å²) < 4.78 is 1.16. The van der Waals surface area contributed by atoms with Crippen LogP contribution in [-0.2, 0) is 5.41 Å². The highest BCUT2D eigenvalue weighted by Gasteiger charge is 2.50. The number of halogens is 1. The number of hydrogen-bond donors (Lipinski definition) is 1. The molecular weight excluding hydrogens is 298 g/mol. The van der Waals surface area contributed by atoms with E-state index in [1.807, 2.05) is 0 Å². The molecule has 1 aliphatic rings. The van der Waals surface area contributed by atoms with Crippen LogP contribution < -0.4 is 5.32 Å². The fourth-order valence-electron chi connectivity index (χ4n) is 3.45. The van der Waals surface area contributed by atoms with E-state index in [2.05, 4.69) is 80.1 Å². The van der Waals surface area contributed by atoms with Gasteiger partial charge in [0.1, 0.15) is 0 Å². The van der Waals surface area contributed by atoms with Gasteiger partial charge < -0.3 is 5.32 Å². The molecule has 1 N–H and O–H groups in total. The van der Waals surface area contributed by atoms with Gasteiger partial charge in [-0.1, -0.05) is 41.9 Å². The maximum atomic E-state index is 3.70. The first kappa shape index (κ1) is 15.1. The first-order valence-corrected chi connectivity index (χ1v) is 7.92. The molecular formula is C17H26BrN. The minimum atomic E-state index is 0.183. The molecule has 0 amide bonds. The molecule has 19 heavy (non-hydrogen) atoms. The summed E-state index contributed by atoms with van der Waals surface area (Å²) in [5.74, 6) is 0. The van der Waals surface area contributed by atoms with Gasteiger partial charge in [0.25, 0.3) is 0 Å². The summed E-state index contributed by atoms with van der Waals surface area (Å²) in [6.07, 6.45) is 2.54. The molecule has 0 spiro atoms. The Morgan fingerprint density at radius 1 is 1.11 bits per heavy atom. The van der Waals surface area contributed by atoms with Gasteiger partial charge in [-0.15, -0.1) is 0 Å². The molecule has 1 aliphatic carbocycles. The molecule has 0 bridgehead atoms. The molecule has 2 heteroatoms. The summed E-state index contributed by atoms with van der Waals surface area (Å²) in [4.78, 5) is 0. The van der Waals surface area contributed by atoms with Gasteiger partial charge in [0.15, 0.2) is 0 Å².